The number of rotatable bonds is 29. The zero-order chi connectivity index (χ0) is 57.1. The number of aryl methyl sites for hydroxylation is 2. The SMILES string of the molecule is Cc1cn([C@@H]2CC(OC(=O)CCn3cc(COCCOCCOCCOCCNC(=O)c4ccc(C(=O)O)c(-c5c6ccc(=N)cc-6oc6cc(N)ccc56)c4)nn3)[C@H](COP(=O)(O)OP(=O)(O)OP(=O)(O)O)O2)c(=O)[nH]c1=O. The van der Waals surface area contributed by atoms with Gasteiger partial charge in [0, 0.05) is 64.6 Å². The Hall–Kier alpha value is -6.63. The highest BCUT2D eigenvalue weighted by Gasteiger charge is 2.44. The van der Waals surface area contributed by atoms with Gasteiger partial charge in [-0.25, -0.2) is 23.3 Å². The fraction of sp³-hybridized carbons (Fsp3) is 0.378. The topological polar surface area (TPSA) is 447 Å². The number of aromatic amines is 1. The molecule has 5 atom stereocenters. The predicted molar refractivity (Wildman–Crippen MR) is 269 cm³/mol. The van der Waals surface area contributed by atoms with E-state index in [9.17, 15) is 52.6 Å². The maximum Gasteiger partial charge on any atom is 0.490 e. The molecule has 2 aromatic carbocycles. The lowest BCUT2D eigenvalue weighted by Gasteiger charge is -2.21. The van der Waals surface area contributed by atoms with E-state index in [4.69, 9.17) is 53.8 Å². The molecule has 0 bridgehead atoms. The summed E-state index contributed by atoms with van der Waals surface area (Å²) in [5, 5.41) is 29.7. The normalized spacial score (nSPS) is 17.2. The van der Waals surface area contributed by atoms with Crippen LogP contribution in [0.3, 0.4) is 0 Å². The van der Waals surface area contributed by atoms with Crippen LogP contribution in [0.4, 0.5) is 5.69 Å². The van der Waals surface area contributed by atoms with Gasteiger partial charge in [-0.3, -0.25) is 33.1 Å². The first-order valence-electron chi connectivity index (χ1n) is 23.6. The molecule has 4 heterocycles. The number of ether oxygens (including phenoxy) is 6. The lowest BCUT2D eigenvalue weighted by atomic mass is 9.89. The van der Waals surface area contributed by atoms with Crippen LogP contribution in [-0.2, 0) is 73.2 Å². The van der Waals surface area contributed by atoms with Gasteiger partial charge < -0.3 is 74.0 Å². The molecule has 1 saturated heterocycles. The first-order valence-corrected chi connectivity index (χ1v) is 28.1. The zero-order valence-electron chi connectivity index (χ0n) is 41.6. The Labute approximate surface area is 445 Å². The van der Waals surface area contributed by atoms with Crippen molar-refractivity contribution in [2.75, 3.05) is 65.1 Å². The number of fused-ring (bicyclic) bond motifs is 2. The van der Waals surface area contributed by atoms with Crippen LogP contribution in [0.25, 0.3) is 33.4 Å². The minimum absolute atomic E-state index is 0.0369. The third-order valence-electron chi connectivity index (χ3n) is 11.3. The quantitative estimate of drug-likeness (QED) is 0.0107. The number of nitrogens with one attached hydrogen (secondary N) is 3. The van der Waals surface area contributed by atoms with Gasteiger partial charge in [0.15, 0.2) is 0 Å². The first-order chi connectivity index (χ1) is 37.4. The number of H-pyrrole nitrogens is 1. The van der Waals surface area contributed by atoms with Gasteiger partial charge in [0.25, 0.3) is 11.5 Å². The molecule has 7 rings (SSSR count). The van der Waals surface area contributed by atoms with Gasteiger partial charge in [-0.05, 0) is 55.0 Å². The summed E-state index contributed by atoms with van der Waals surface area (Å²) in [7, 11) is -17.1. The van der Waals surface area contributed by atoms with E-state index in [0.717, 1.165) is 10.8 Å². The molecule has 4 aromatic rings. The zero-order valence-corrected chi connectivity index (χ0v) is 44.3. The Morgan fingerprint density at radius 1 is 0.873 bits per heavy atom. The van der Waals surface area contributed by atoms with E-state index in [1.165, 1.54) is 42.1 Å². The van der Waals surface area contributed by atoms with Gasteiger partial charge in [-0.1, -0.05) is 5.21 Å². The maximum absolute atomic E-state index is 13.2. The molecule has 79 heavy (non-hydrogen) atoms. The van der Waals surface area contributed by atoms with Crippen molar-refractivity contribution in [3.05, 3.63) is 116 Å². The molecule has 1 fully saturated rings. The number of hydrogen-bond acceptors (Lipinski definition) is 22. The monoisotopic (exact) mass is 1170 g/mol. The number of phosphoric acid groups is 3. The summed E-state index contributed by atoms with van der Waals surface area (Å²) in [4.78, 5) is 102. The summed E-state index contributed by atoms with van der Waals surface area (Å²) in [6.07, 6.45) is -1.86. The molecule has 1 amide bonds. The predicted octanol–water partition coefficient (Wildman–Crippen LogP) is 2.34. The molecule has 1 aliphatic carbocycles. The number of amides is 1. The number of nitrogens with zero attached hydrogens (tertiary/aromatic N) is 4. The highest BCUT2D eigenvalue weighted by atomic mass is 31.3. The first kappa shape index (κ1) is 60.0. The summed E-state index contributed by atoms with van der Waals surface area (Å²) in [5.41, 5.74) is 7.27. The number of carbonyl (C=O) groups is 3. The van der Waals surface area contributed by atoms with Crippen molar-refractivity contribution in [2.24, 2.45) is 0 Å². The molecule has 0 spiro atoms. The number of benzene rings is 3. The number of carbonyl (C=O) groups excluding carboxylic acids is 2. The summed E-state index contributed by atoms with van der Waals surface area (Å²) < 4.78 is 89.1. The lowest BCUT2D eigenvalue weighted by Crippen LogP contribution is -2.33. The molecule has 3 aliphatic rings. The van der Waals surface area contributed by atoms with E-state index in [-0.39, 0.29) is 106 Å². The number of aromatic carboxylic acids is 1. The number of esters is 1. The van der Waals surface area contributed by atoms with Crippen molar-refractivity contribution in [1.82, 2.24) is 29.9 Å². The van der Waals surface area contributed by atoms with Crippen molar-refractivity contribution in [3.8, 4) is 22.5 Å². The Balaban J connectivity index is 0.769. The van der Waals surface area contributed by atoms with E-state index < -0.39 is 77.6 Å². The summed E-state index contributed by atoms with van der Waals surface area (Å²) in [5.74, 6) is -2.14. The minimum Gasteiger partial charge on any atom is -0.478 e. The van der Waals surface area contributed by atoms with Crippen molar-refractivity contribution in [3.63, 3.8) is 0 Å². The van der Waals surface area contributed by atoms with Crippen LogP contribution < -0.4 is 27.7 Å². The van der Waals surface area contributed by atoms with E-state index in [1.54, 1.807) is 30.3 Å². The van der Waals surface area contributed by atoms with Gasteiger partial charge in [0.1, 0.15) is 35.5 Å². The van der Waals surface area contributed by atoms with Crippen LogP contribution >= 0.6 is 23.5 Å². The third kappa shape index (κ3) is 17.2. The molecule has 2 aliphatic heterocycles. The van der Waals surface area contributed by atoms with Crippen LogP contribution in [-0.4, -0.2) is 139 Å². The minimum atomic E-state index is -5.85. The Morgan fingerprint density at radius 3 is 2.29 bits per heavy atom. The fourth-order valence-electron chi connectivity index (χ4n) is 7.81. The second-order valence-corrected chi connectivity index (χ2v) is 21.6. The van der Waals surface area contributed by atoms with Gasteiger partial charge in [0.05, 0.1) is 89.5 Å². The average molecular weight is 1170 g/mol. The number of carboxylic acids is 1. The third-order valence-corrected chi connectivity index (χ3v) is 15.1. The number of aromatic nitrogens is 5. The second-order valence-electron chi connectivity index (χ2n) is 17.1. The average Bonchev–Trinajstić information content (AvgIpc) is 4.03. The van der Waals surface area contributed by atoms with Crippen molar-refractivity contribution < 1.29 is 98.7 Å². The molecule has 3 unspecified atom stereocenters. The molecular formula is C45H53N8O23P3. The number of nitrogens with two attached hydrogens (primary N) is 1. The number of carboxylic acid groups (broad SMARTS) is 1. The van der Waals surface area contributed by atoms with Gasteiger partial charge >= 0.3 is 41.1 Å². The number of hydrogen-bond donors (Lipinski definition) is 9. The summed E-state index contributed by atoms with van der Waals surface area (Å²) >= 11 is 0. The van der Waals surface area contributed by atoms with Crippen LogP contribution in [0, 0.1) is 12.3 Å². The number of phosphoric ester groups is 1. The van der Waals surface area contributed by atoms with E-state index in [0.29, 0.717) is 39.2 Å². The molecule has 426 valence electrons. The Kier molecular flexibility index (Phi) is 20.2. The standard InChI is InChI=1S/C45H53N8O23P3/c1-26-22-53(45(59)49-42(26)55)39-21-37(38(73-39)25-71-78(63,64)76-79(65,66)75-77(60,61)62)74-40(54)8-10-52-23-30(50-51-52)24-70-17-16-69-15-14-68-13-12-67-11-9-48-43(56)27-2-5-31(44(57)58)34(18-27)41-32-6-3-28(46)19-35(32)72-36-20-29(47)4-7-33(36)41/h2-7,18-20,22-23,37-39,46H,8-17,21,24-25,47H2,1H3,(H,48,56)(H,57,58)(H,63,64)(H,65,66)(H,49,55,59)(H2,60,61,62)/t37?,38-,39-/m0/s1. The van der Waals surface area contributed by atoms with Gasteiger partial charge in [-0.15, -0.1) is 5.10 Å². The van der Waals surface area contributed by atoms with Crippen molar-refractivity contribution in [2.45, 2.75) is 51.4 Å². The van der Waals surface area contributed by atoms with Crippen LogP contribution in [0.5, 0.6) is 0 Å². The highest BCUT2D eigenvalue weighted by Crippen LogP contribution is 2.66. The Bertz CT molecular complexity index is 3470. The molecule has 0 radical (unpaired) electrons. The molecule has 2 aromatic heterocycles. The lowest BCUT2D eigenvalue weighted by molar-refractivity contribution is -0.153. The van der Waals surface area contributed by atoms with E-state index in [1.807, 2.05) is 0 Å². The van der Waals surface area contributed by atoms with Crippen molar-refractivity contribution in [1.29, 1.82) is 5.41 Å². The largest absolute Gasteiger partial charge is 0.490 e. The van der Waals surface area contributed by atoms with E-state index >= 15 is 0 Å². The second kappa shape index (κ2) is 26.6. The van der Waals surface area contributed by atoms with E-state index in [2.05, 4.69) is 33.8 Å². The summed E-state index contributed by atoms with van der Waals surface area (Å²) in [6.45, 7) is 2.14. The van der Waals surface area contributed by atoms with Crippen molar-refractivity contribution >= 4 is 58.0 Å². The number of anilines is 1. The number of nitrogen functional groups attached to an aromatic ring is 1. The molecule has 34 heteroatoms. The molecule has 10 N–H and O–H groups in total. The van der Waals surface area contributed by atoms with Gasteiger partial charge in [0.2, 0.25) is 0 Å². The smallest absolute Gasteiger partial charge is 0.478 e. The van der Waals surface area contributed by atoms with Gasteiger partial charge in [-0.2, -0.15) is 8.62 Å². The molecule has 31 nitrogen and oxygen atoms in total. The van der Waals surface area contributed by atoms with Crippen LogP contribution in [0.2, 0.25) is 0 Å². The molecular weight excluding hydrogens is 1110 g/mol. The highest BCUT2D eigenvalue weighted by molar-refractivity contribution is 7.66. The molecule has 0 saturated carbocycles. The summed E-state index contributed by atoms with van der Waals surface area (Å²) in [6, 6.07) is 14.0. The Morgan fingerprint density at radius 2 is 1.58 bits per heavy atom. The fourth-order valence-corrected chi connectivity index (χ4v) is 10.8. The maximum atomic E-state index is 13.2. The van der Waals surface area contributed by atoms with Crippen LogP contribution in [0.15, 0.2) is 81.0 Å². The van der Waals surface area contributed by atoms with Crippen LogP contribution in [0.1, 0.15) is 51.0 Å².